The van der Waals surface area contributed by atoms with Crippen LogP contribution in [0.25, 0.3) is 0 Å². The summed E-state index contributed by atoms with van der Waals surface area (Å²) in [5.41, 5.74) is 1.45. The third kappa shape index (κ3) is 1.85. The van der Waals surface area contributed by atoms with Gasteiger partial charge in [0, 0.05) is 18.3 Å². The molecule has 0 saturated carbocycles. The van der Waals surface area contributed by atoms with Gasteiger partial charge < -0.3 is 14.5 Å². The maximum absolute atomic E-state index is 12.4. The fourth-order valence-corrected chi connectivity index (χ4v) is 2.42. The number of aliphatic carboxylic acids is 1. The minimum atomic E-state index is -0.941. The summed E-state index contributed by atoms with van der Waals surface area (Å²) in [6.07, 6.45) is 0. The van der Waals surface area contributed by atoms with Gasteiger partial charge in [-0.25, -0.2) is 0 Å². The molecule has 20 heavy (non-hydrogen) atoms. The van der Waals surface area contributed by atoms with E-state index in [1.54, 1.807) is 37.3 Å². The number of aryl methyl sites for hydroxylation is 1. The molecule has 1 aliphatic heterocycles. The van der Waals surface area contributed by atoms with Crippen molar-refractivity contribution in [2.24, 2.45) is 0 Å². The summed E-state index contributed by atoms with van der Waals surface area (Å²) in [5.74, 6) is -1.46. The van der Waals surface area contributed by atoms with E-state index >= 15 is 0 Å². The average Bonchev–Trinajstić information content (AvgIpc) is 3.02. The van der Waals surface area contributed by atoms with Crippen LogP contribution in [-0.2, 0) is 4.79 Å². The van der Waals surface area contributed by atoms with Gasteiger partial charge in [0.25, 0.3) is 5.91 Å². The molecule has 1 amide bonds. The third-order valence-corrected chi connectivity index (χ3v) is 3.36. The summed E-state index contributed by atoms with van der Waals surface area (Å²) in [5, 5.41) is 13.0. The zero-order valence-electron chi connectivity index (χ0n) is 10.7. The maximum atomic E-state index is 12.4. The van der Waals surface area contributed by atoms with Crippen molar-refractivity contribution in [2.75, 3.05) is 11.4 Å². The maximum Gasteiger partial charge on any atom is 0.312 e. The number of carboxylic acid groups (broad SMARTS) is 1. The molecule has 1 aromatic carbocycles. The van der Waals surface area contributed by atoms with E-state index in [1.807, 2.05) is 0 Å². The summed E-state index contributed by atoms with van der Waals surface area (Å²) in [7, 11) is 0. The molecular weight excluding hydrogens is 260 g/mol. The standard InChI is InChI=1S/C14H12N2O4/c1-8-6-11(15-20-8)13(17)16-7-10(14(18)19)9-4-2-3-5-12(9)16/h2-6,10H,7H2,1H3,(H,18,19). The molecule has 0 radical (unpaired) electrons. The Morgan fingerprint density at radius 2 is 2.15 bits per heavy atom. The van der Waals surface area contributed by atoms with Gasteiger partial charge in [0.1, 0.15) is 11.7 Å². The van der Waals surface area contributed by atoms with Gasteiger partial charge in [0.15, 0.2) is 5.69 Å². The first-order chi connectivity index (χ1) is 9.58. The Bertz CT molecular complexity index is 692. The number of hydrogen-bond acceptors (Lipinski definition) is 4. The Hall–Kier alpha value is -2.63. The number of carbonyl (C=O) groups is 2. The molecular formula is C14H12N2O4. The number of amides is 1. The van der Waals surface area contributed by atoms with Crippen LogP contribution in [0.1, 0.15) is 27.7 Å². The molecule has 6 heteroatoms. The van der Waals surface area contributed by atoms with Crippen LogP contribution in [0.4, 0.5) is 5.69 Å². The second-order valence-corrected chi connectivity index (χ2v) is 4.69. The van der Waals surface area contributed by atoms with E-state index in [0.29, 0.717) is 17.0 Å². The van der Waals surface area contributed by atoms with Crippen LogP contribution in [-0.4, -0.2) is 28.7 Å². The van der Waals surface area contributed by atoms with E-state index in [0.717, 1.165) is 0 Å². The van der Waals surface area contributed by atoms with Gasteiger partial charge in [-0.05, 0) is 18.6 Å². The Kier molecular flexibility index (Phi) is 2.78. The molecule has 102 valence electrons. The van der Waals surface area contributed by atoms with Crippen LogP contribution < -0.4 is 4.90 Å². The summed E-state index contributed by atoms with van der Waals surface area (Å²) >= 11 is 0. The molecule has 0 spiro atoms. The smallest absolute Gasteiger partial charge is 0.312 e. The van der Waals surface area contributed by atoms with Crippen molar-refractivity contribution < 1.29 is 19.2 Å². The zero-order chi connectivity index (χ0) is 14.3. The van der Waals surface area contributed by atoms with Crippen LogP contribution in [0.2, 0.25) is 0 Å². The van der Waals surface area contributed by atoms with E-state index in [4.69, 9.17) is 4.52 Å². The lowest BCUT2D eigenvalue weighted by Crippen LogP contribution is -2.31. The number of carboxylic acids is 1. The number of carbonyl (C=O) groups excluding carboxylic acids is 1. The molecule has 6 nitrogen and oxygen atoms in total. The molecule has 1 N–H and O–H groups in total. The molecule has 1 aromatic heterocycles. The monoisotopic (exact) mass is 272 g/mol. The van der Waals surface area contributed by atoms with Crippen molar-refractivity contribution in [3.8, 4) is 0 Å². The Morgan fingerprint density at radius 3 is 2.80 bits per heavy atom. The highest BCUT2D eigenvalue weighted by Crippen LogP contribution is 2.36. The number of anilines is 1. The van der Waals surface area contributed by atoms with Crippen LogP contribution in [0, 0.1) is 6.92 Å². The van der Waals surface area contributed by atoms with E-state index in [2.05, 4.69) is 5.16 Å². The molecule has 0 fully saturated rings. The summed E-state index contributed by atoms with van der Waals surface area (Å²) in [6, 6.07) is 8.55. The van der Waals surface area contributed by atoms with Crippen LogP contribution in [0.15, 0.2) is 34.9 Å². The van der Waals surface area contributed by atoms with Crippen LogP contribution in [0.5, 0.6) is 0 Å². The lowest BCUT2D eigenvalue weighted by atomic mass is 10.0. The first-order valence-electron chi connectivity index (χ1n) is 6.15. The summed E-state index contributed by atoms with van der Waals surface area (Å²) in [4.78, 5) is 25.1. The first kappa shape index (κ1) is 12.4. The van der Waals surface area contributed by atoms with E-state index in [9.17, 15) is 14.7 Å². The second kappa shape index (κ2) is 4.48. The van der Waals surface area contributed by atoms with Gasteiger partial charge >= 0.3 is 5.97 Å². The highest BCUT2D eigenvalue weighted by Gasteiger charge is 2.37. The van der Waals surface area contributed by atoms with E-state index in [-0.39, 0.29) is 18.1 Å². The predicted octanol–water partition coefficient (Wildman–Crippen LogP) is 1.81. The van der Waals surface area contributed by atoms with Crippen molar-refractivity contribution in [1.82, 2.24) is 5.16 Å². The topological polar surface area (TPSA) is 83.6 Å². The van der Waals surface area contributed by atoms with Crippen molar-refractivity contribution in [1.29, 1.82) is 0 Å². The van der Waals surface area contributed by atoms with Gasteiger partial charge in [-0.3, -0.25) is 9.59 Å². The fraction of sp³-hybridized carbons (Fsp3) is 0.214. The minimum Gasteiger partial charge on any atom is -0.481 e. The SMILES string of the molecule is Cc1cc(C(=O)N2CC(C(=O)O)c3ccccc32)no1. The Labute approximate surface area is 114 Å². The summed E-state index contributed by atoms with van der Waals surface area (Å²) in [6.45, 7) is 1.81. The number of hydrogen-bond donors (Lipinski definition) is 1. The second-order valence-electron chi connectivity index (χ2n) is 4.69. The largest absolute Gasteiger partial charge is 0.481 e. The summed E-state index contributed by atoms with van der Waals surface area (Å²) < 4.78 is 4.89. The van der Waals surface area contributed by atoms with Gasteiger partial charge in [0.05, 0.1) is 0 Å². The number of aromatic nitrogens is 1. The quantitative estimate of drug-likeness (QED) is 0.901. The minimum absolute atomic E-state index is 0.111. The van der Waals surface area contributed by atoms with Gasteiger partial charge in [-0.1, -0.05) is 23.4 Å². The van der Waals surface area contributed by atoms with Crippen molar-refractivity contribution in [3.05, 3.63) is 47.3 Å². The lowest BCUT2D eigenvalue weighted by molar-refractivity contribution is -0.138. The predicted molar refractivity (Wildman–Crippen MR) is 69.7 cm³/mol. The molecule has 2 heterocycles. The molecule has 1 atom stereocenters. The Balaban J connectivity index is 2.00. The first-order valence-corrected chi connectivity index (χ1v) is 6.15. The average molecular weight is 272 g/mol. The molecule has 0 bridgehead atoms. The number of para-hydroxylation sites is 1. The number of rotatable bonds is 2. The van der Waals surface area contributed by atoms with E-state index in [1.165, 1.54) is 4.90 Å². The third-order valence-electron chi connectivity index (χ3n) is 3.36. The number of nitrogens with zero attached hydrogens (tertiary/aromatic N) is 2. The van der Waals surface area contributed by atoms with Crippen molar-refractivity contribution >= 4 is 17.6 Å². The van der Waals surface area contributed by atoms with Gasteiger partial charge in [0.2, 0.25) is 0 Å². The number of fused-ring (bicyclic) bond motifs is 1. The van der Waals surface area contributed by atoms with Gasteiger partial charge in [-0.15, -0.1) is 0 Å². The van der Waals surface area contributed by atoms with E-state index < -0.39 is 11.9 Å². The zero-order valence-corrected chi connectivity index (χ0v) is 10.7. The highest BCUT2D eigenvalue weighted by molar-refractivity contribution is 6.07. The molecule has 2 aromatic rings. The normalized spacial score (nSPS) is 17.1. The molecule has 3 rings (SSSR count). The van der Waals surface area contributed by atoms with Crippen molar-refractivity contribution in [2.45, 2.75) is 12.8 Å². The van der Waals surface area contributed by atoms with Crippen LogP contribution >= 0.6 is 0 Å². The fourth-order valence-electron chi connectivity index (χ4n) is 2.42. The van der Waals surface area contributed by atoms with Crippen LogP contribution in [0.3, 0.4) is 0 Å². The number of benzene rings is 1. The molecule has 1 aliphatic rings. The lowest BCUT2D eigenvalue weighted by Gasteiger charge is -2.15. The Morgan fingerprint density at radius 1 is 1.40 bits per heavy atom. The molecule has 0 aliphatic carbocycles. The van der Waals surface area contributed by atoms with Crippen molar-refractivity contribution in [3.63, 3.8) is 0 Å². The molecule has 1 unspecified atom stereocenters. The highest BCUT2D eigenvalue weighted by atomic mass is 16.5. The molecule has 0 saturated heterocycles. The van der Waals surface area contributed by atoms with Gasteiger partial charge in [-0.2, -0.15) is 0 Å².